The predicted molar refractivity (Wildman–Crippen MR) is 81.4 cm³/mol. The maximum Gasteiger partial charge on any atom is 0.253 e. The SMILES string of the molecule is CNc1cc(C(=O)NCC2CCCCN2C)c(Cl)cn1. The Morgan fingerprint density at radius 1 is 1.55 bits per heavy atom. The molecule has 0 aliphatic carbocycles. The Morgan fingerprint density at radius 2 is 2.35 bits per heavy atom. The number of anilines is 1. The van der Waals surface area contributed by atoms with Gasteiger partial charge in [0.15, 0.2) is 0 Å². The van der Waals surface area contributed by atoms with Crippen molar-refractivity contribution >= 4 is 23.3 Å². The summed E-state index contributed by atoms with van der Waals surface area (Å²) in [6, 6.07) is 2.08. The zero-order valence-corrected chi connectivity index (χ0v) is 12.7. The average molecular weight is 297 g/mol. The van der Waals surface area contributed by atoms with Crippen molar-refractivity contribution in [1.82, 2.24) is 15.2 Å². The number of carbonyl (C=O) groups is 1. The van der Waals surface area contributed by atoms with Crippen LogP contribution in [0.5, 0.6) is 0 Å². The molecule has 1 aromatic heterocycles. The molecule has 0 radical (unpaired) electrons. The van der Waals surface area contributed by atoms with Crippen molar-refractivity contribution in [3.63, 3.8) is 0 Å². The maximum absolute atomic E-state index is 12.2. The van der Waals surface area contributed by atoms with Gasteiger partial charge in [-0.3, -0.25) is 4.79 Å². The van der Waals surface area contributed by atoms with Crippen molar-refractivity contribution in [2.45, 2.75) is 25.3 Å². The van der Waals surface area contributed by atoms with Crippen LogP contribution in [0.4, 0.5) is 5.82 Å². The number of piperidine rings is 1. The van der Waals surface area contributed by atoms with Crippen LogP contribution in [0.3, 0.4) is 0 Å². The van der Waals surface area contributed by atoms with Crippen LogP contribution in [0.1, 0.15) is 29.6 Å². The van der Waals surface area contributed by atoms with Gasteiger partial charge in [0.1, 0.15) is 5.82 Å². The van der Waals surface area contributed by atoms with Crippen molar-refractivity contribution in [2.24, 2.45) is 0 Å². The third-order valence-electron chi connectivity index (χ3n) is 3.78. The second kappa shape index (κ2) is 6.90. The number of rotatable bonds is 4. The summed E-state index contributed by atoms with van der Waals surface area (Å²) in [5, 5.41) is 6.25. The quantitative estimate of drug-likeness (QED) is 0.892. The third kappa shape index (κ3) is 3.61. The minimum atomic E-state index is -0.145. The molecule has 1 saturated heterocycles. The van der Waals surface area contributed by atoms with Crippen LogP contribution >= 0.6 is 11.6 Å². The van der Waals surface area contributed by atoms with Gasteiger partial charge in [-0.25, -0.2) is 4.98 Å². The Labute approximate surface area is 124 Å². The summed E-state index contributed by atoms with van der Waals surface area (Å²) in [5.74, 6) is 0.488. The Bertz CT molecular complexity index is 480. The fourth-order valence-electron chi connectivity index (χ4n) is 2.46. The minimum Gasteiger partial charge on any atom is -0.373 e. The Hall–Kier alpha value is -1.33. The highest BCUT2D eigenvalue weighted by Crippen LogP contribution is 2.18. The van der Waals surface area contributed by atoms with E-state index in [9.17, 15) is 4.79 Å². The number of hydrogen-bond acceptors (Lipinski definition) is 4. The summed E-state index contributed by atoms with van der Waals surface area (Å²) < 4.78 is 0. The third-order valence-corrected chi connectivity index (χ3v) is 4.08. The first-order valence-electron chi connectivity index (χ1n) is 6.93. The first-order valence-corrected chi connectivity index (χ1v) is 7.31. The monoisotopic (exact) mass is 296 g/mol. The van der Waals surface area contributed by atoms with Crippen molar-refractivity contribution in [3.05, 3.63) is 22.8 Å². The molecule has 1 aromatic rings. The van der Waals surface area contributed by atoms with Gasteiger partial charge in [-0.2, -0.15) is 0 Å². The molecule has 1 atom stereocenters. The molecule has 110 valence electrons. The molecule has 2 N–H and O–H groups in total. The van der Waals surface area contributed by atoms with E-state index in [0.717, 1.165) is 13.0 Å². The highest BCUT2D eigenvalue weighted by Gasteiger charge is 2.20. The van der Waals surface area contributed by atoms with Gasteiger partial charge in [0.25, 0.3) is 5.91 Å². The van der Waals surface area contributed by atoms with Crippen LogP contribution in [-0.4, -0.2) is 49.0 Å². The lowest BCUT2D eigenvalue weighted by molar-refractivity contribution is 0.0928. The summed E-state index contributed by atoms with van der Waals surface area (Å²) in [4.78, 5) is 18.6. The molecule has 2 rings (SSSR count). The number of nitrogens with one attached hydrogen (secondary N) is 2. The van der Waals surface area contributed by atoms with Crippen molar-refractivity contribution in [3.8, 4) is 0 Å². The van der Waals surface area contributed by atoms with Gasteiger partial charge in [0.2, 0.25) is 0 Å². The smallest absolute Gasteiger partial charge is 0.253 e. The van der Waals surface area contributed by atoms with Crippen molar-refractivity contribution in [2.75, 3.05) is 32.5 Å². The van der Waals surface area contributed by atoms with Gasteiger partial charge >= 0.3 is 0 Å². The van der Waals surface area contributed by atoms with Gasteiger partial charge < -0.3 is 15.5 Å². The van der Waals surface area contributed by atoms with Gasteiger partial charge in [-0.05, 0) is 32.5 Å². The highest BCUT2D eigenvalue weighted by atomic mass is 35.5. The molecule has 2 heterocycles. The molecule has 5 nitrogen and oxygen atoms in total. The molecule has 0 aromatic carbocycles. The van der Waals surface area contributed by atoms with Crippen LogP contribution in [-0.2, 0) is 0 Å². The minimum absolute atomic E-state index is 0.145. The molecule has 1 aliphatic rings. The van der Waals surface area contributed by atoms with Gasteiger partial charge in [0.05, 0.1) is 10.6 Å². The number of amides is 1. The maximum atomic E-state index is 12.2. The first kappa shape index (κ1) is 15.1. The molecule has 0 saturated carbocycles. The van der Waals surface area contributed by atoms with Crippen LogP contribution in [0.2, 0.25) is 5.02 Å². The molecule has 0 spiro atoms. The topological polar surface area (TPSA) is 57.3 Å². The first-order chi connectivity index (χ1) is 9.61. The van der Waals surface area contributed by atoms with Gasteiger partial charge in [-0.1, -0.05) is 18.0 Å². The number of pyridine rings is 1. The summed E-state index contributed by atoms with van der Waals surface area (Å²) in [6.07, 6.45) is 5.09. The summed E-state index contributed by atoms with van der Waals surface area (Å²) in [5.41, 5.74) is 0.462. The number of carbonyl (C=O) groups excluding carboxylic acids is 1. The van der Waals surface area contributed by atoms with E-state index in [-0.39, 0.29) is 5.91 Å². The van der Waals surface area contributed by atoms with Crippen LogP contribution in [0, 0.1) is 0 Å². The van der Waals surface area contributed by atoms with E-state index in [2.05, 4.69) is 27.6 Å². The standard InChI is InChI=1S/C14H21ClN4O/c1-16-13-7-11(12(15)9-17-13)14(20)18-8-10-5-3-4-6-19(10)2/h7,9-10H,3-6,8H2,1-2H3,(H,16,17)(H,18,20). The zero-order chi connectivity index (χ0) is 14.5. The molecule has 0 bridgehead atoms. The number of likely N-dealkylation sites (tertiary alicyclic amines) is 1. The lowest BCUT2D eigenvalue weighted by Gasteiger charge is -2.32. The Kier molecular flexibility index (Phi) is 5.20. The van der Waals surface area contributed by atoms with E-state index >= 15 is 0 Å². The number of nitrogens with zero attached hydrogens (tertiary/aromatic N) is 2. The molecule has 20 heavy (non-hydrogen) atoms. The predicted octanol–water partition coefficient (Wildman–Crippen LogP) is 1.99. The van der Waals surface area contributed by atoms with E-state index in [0.29, 0.717) is 29.0 Å². The van der Waals surface area contributed by atoms with E-state index in [1.54, 1.807) is 13.1 Å². The number of aromatic nitrogens is 1. The number of halogens is 1. The van der Waals surface area contributed by atoms with Crippen molar-refractivity contribution in [1.29, 1.82) is 0 Å². The second-order valence-corrected chi connectivity index (χ2v) is 5.55. The van der Waals surface area contributed by atoms with E-state index in [1.165, 1.54) is 19.0 Å². The van der Waals surface area contributed by atoms with E-state index in [1.807, 2.05) is 0 Å². The summed E-state index contributed by atoms with van der Waals surface area (Å²) >= 11 is 6.04. The molecule has 1 fully saturated rings. The average Bonchev–Trinajstić information content (AvgIpc) is 2.46. The number of likely N-dealkylation sites (N-methyl/N-ethyl adjacent to an activating group) is 1. The number of hydrogen-bond donors (Lipinski definition) is 2. The normalized spacial score (nSPS) is 19.6. The fourth-order valence-corrected chi connectivity index (χ4v) is 2.65. The summed E-state index contributed by atoms with van der Waals surface area (Å²) in [6.45, 7) is 1.75. The Morgan fingerprint density at radius 3 is 3.05 bits per heavy atom. The fraction of sp³-hybridized carbons (Fsp3) is 0.571. The largest absolute Gasteiger partial charge is 0.373 e. The molecular formula is C14H21ClN4O. The molecular weight excluding hydrogens is 276 g/mol. The second-order valence-electron chi connectivity index (χ2n) is 5.14. The molecule has 1 aliphatic heterocycles. The van der Waals surface area contributed by atoms with Gasteiger partial charge in [-0.15, -0.1) is 0 Å². The zero-order valence-electron chi connectivity index (χ0n) is 11.9. The lowest BCUT2D eigenvalue weighted by Crippen LogP contribution is -2.44. The Balaban J connectivity index is 1.97. The molecule has 1 unspecified atom stereocenters. The van der Waals surface area contributed by atoms with Gasteiger partial charge in [0, 0.05) is 25.8 Å². The van der Waals surface area contributed by atoms with Crippen molar-refractivity contribution < 1.29 is 4.79 Å². The highest BCUT2D eigenvalue weighted by molar-refractivity contribution is 6.33. The van der Waals surface area contributed by atoms with Crippen LogP contribution < -0.4 is 10.6 Å². The molecule has 6 heteroatoms. The van der Waals surface area contributed by atoms with E-state index in [4.69, 9.17) is 11.6 Å². The van der Waals surface area contributed by atoms with Crippen LogP contribution in [0.25, 0.3) is 0 Å². The molecule has 1 amide bonds. The van der Waals surface area contributed by atoms with Crippen LogP contribution in [0.15, 0.2) is 12.3 Å². The lowest BCUT2D eigenvalue weighted by atomic mass is 10.0. The summed E-state index contributed by atoms with van der Waals surface area (Å²) in [7, 11) is 3.86. The van der Waals surface area contributed by atoms with E-state index < -0.39 is 0 Å².